The Morgan fingerprint density at radius 1 is 0.258 bits per heavy atom. The molecule has 5 atom stereocenters. The van der Waals surface area contributed by atoms with Crippen molar-refractivity contribution in [3.63, 3.8) is 0 Å². The van der Waals surface area contributed by atoms with E-state index in [1.54, 1.807) is 0 Å². The van der Waals surface area contributed by atoms with E-state index in [1.807, 2.05) is 0 Å². The van der Waals surface area contributed by atoms with Gasteiger partial charge in [0.25, 0.3) is 0 Å². The monoisotopic (exact) mass is 1420 g/mol. The minimum absolute atomic E-state index is 0.106. The van der Waals surface area contributed by atoms with Crippen LogP contribution in [0, 0.1) is 23.7 Å². The molecule has 0 aromatic carbocycles. The summed E-state index contributed by atoms with van der Waals surface area (Å²) >= 11 is 0. The first-order valence-corrected chi connectivity index (χ1v) is 43.2. The van der Waals surface area contributed by atoms with E-state index in [0.29, 0.717) is 31.6 Å². The molecule has 0 fully saturated rings. The van der Waals surface area contributed by atoms with Crippen molar-refractivity contribution in [2.75, 3.05) is 39.6 Å². The fourth-order valence-corrected chi connectivity index (χ4v) is 13.5. The van der Waals surface area contributed by atoms with Crippen LogP contribution >= 0.6 is 15.6 Å². The third-order valence-corrected chi connectivity index (χ3v) is 20.0. The minimum Gasteiger partial charge on any atom is -0.462 e. The summed E-state index contributed by atoms with van der Waals surface area (Å²) in [6.07, 6.45) is 52.8. The number of carbonyl (C=O) groups is 4. The number of ether oxygens (including phenoxy) is 4. The van der Waals surface area contributed by atoms with Gasteiger partial charge < -0.3 is 33.8 Å². The number of aliphatic hydroxyl groups is 1. The molecule has 0 aliphatic heterocycles. The molecule has 0 aromatic heterocycles. The first kappa shape index (κ1) is 95.1. The van der Waals surface area contributed by atoms with Crippen LogP contribution in [0.2, 0.25) is 0 Å². The summed E-state index contributed by atoms with van der Waals surface area (Å²) in [5.74, 6) is 0.935. The quantitative estimate of drug-likeness (QED) is 0.0222. The van der Waals surface area contributed by atoms with Crippen LogP contribution in [-0.4, -0.2) is 96.7 Å². The molecule has 0 aliphatic rings. The fraction of sp³-hybridized carbons (Fsp3) is 0.949. The number of hydrogen-bond donors (Lipinski definition) is 3. The molecule has 0 rings (SSSR count). The molecule has 0 spiro atoms. The predicted molar refractivity (Wildman–Crippen MR) is 395 cm³/mol. The van der Waals surface area contributed by atoms with Gasteiger partial charge in [-0.2, -0.15) is 0 Å². The summed E-state index contributed by atoms with van der Waals surface area (Å²) in [5, 5.41) is 10.6. The van der Waals surface area contributed by atoms with Gasteiger partial charge in [-0.15, -0.1) is 0 Å². The van der Waals surface area contributed by atoms with E-state index in [-0.39, 0.29) is 25.7 Å². The van der Waals surface area contributed by atoms with Gasteiger partial charge in [0.1, 0.15) is 19.3 Å². The molecule has 0 aromatic rings. The van der Waals surface area contributed by atoms with E-state index in [1.165, 1.54) is 193 Å². The zero-order chi connectivity index (χ0) is 71.7. The van der Waals surface area contributed by atoms with Gasteiger partial charge in [0, 0.05) is 25.7 Å². The van der Waals surface area contributed by atoms with Gasteiger partial charge in [0.05, 0.1) is 26.4 Å². The Kier molecular flexibility index (Phi) is 65.9. The lowest BCUT2D eigenvalue weighted by atomic mass is 10.0. The Bertz CT molecular complexity index is 1900. The van der Waals surface area contributed by atoms with E-state index in [4.69, 9.17) is 37.0 Å². The molecule has 576 valence electrons. The van der Waals surface area contributed by atoms with Crippen LogP contribution in [-0.2, 0) is 65.4 Å². The summed E-state index contributed by atoms with van der Waals surface area (Å²) in [5.41, 5.74) is 0. The Balaban J connectivity index is 5.24. The number of phosphoric ester groups is 2. The Morgan fingerprint density at radius 2 is 0.433 bits per heavy atom. The second kappa shape index (κ2) is 67.2. The topological polar surface area (TPSA) is 237 Å². The van der Waals surface area contributed by atoms with Gasteiger partial charge in [-0.3, -0.25) is 37.3 Å². The molecule has 97 heavy (non-hydrogen) atoms. The molecule has 0 amide bonds. The third kappa shape index (κ3) is 72.2. The standard InChI is InChI=1S/C78H152O17P2/c1-68(2)54-46-38-30-23-17-12-10-9-11-13-20-26-34-42-50-58-75(80)88-64-73(94-78(83)61-53-45-36-28-22-16-19-25-32-40-48-56-70(5)6)66-92-96(84,85)90-62-72(79)63-91-97(86,87)93-67-74(65-89-76(81)59-51-43-37-29-33-41-49-57-71(7)8)95-77(82)60-52-44-35-27-21-15-14-18-24-31-39-47-55-69(3)4/h68-74,79H,9-67H2,1-8H3,(H,84,85)(H,86,87)/t72?,73-,74-/m1/s1. The molecule has 19 heteroatoms. The van der Waals surface area contributed by atoms with Gasteiger partial charge in [-0.25, -0.2) is 9.13 Å². The second-order valence-corrected chi connectivity index (χ2v) is 32.9. The van der Waals surface area contributed by atoms with Gasteiger partial charge in [0.2, 0.25) is 0 Å². The molecule has 0 bridgehead atoms. The Hall–Kier alpha value is -1.94. The largest absolute Gasteiger partial charge is 0.472 e. The van der Waals surface area contributed by atoms with Crippen LogP contribution in [0.4, 0.5) is 0 Å². The first-order chi connectivity index (χ1) is 46.6. The van der Waals surface area contributed by atoms with Gasteiger partial charge in [-0.05, 0) is 49.4 Å². The van der Waals surface area contributed by atoms with E-state index in [0.717, 1.165) is 114 Å². The average Bonchev–Trinajstić information content (AvgIpc) is 1.14. The molecular weight excluding hydrogens is 1270 g/mol. The smallest absolute Gasteiger partial charge is 0.462 e. The number of aliphatic hydroxyl groups excluding tert-OH is 1. The van der Waals surface area contributed by atoms with E-state index >= 15 is 0 Å². The number of carbonyl (C=O) groups excluding carboxylic acids is 4. The number of esters is 4. The number of rotatable bonds is 75. The van der Waals surface area contributed by atoms with Crippen molar-refractivity contribution < 1.29 is 80.2 Å². The molecule has 0 aliphatic carbocycles. The van der Waals surface area contributed by atoms with Crippen molar-refractivity contribution in [2.24, 2.45) is 23.7 Å². The predicted octanol–water partition coefficient (Wildman–Crippen LogP) is 22.8. The zero-order valence-corrected chi connectivity index (χ0v) is 65.5. The lowest BCUT2D eigenvalue weighted by molar-refractivity contribution is -0.161. The summed E-state index contributed by atoms with van der Waals surface area (Å²) in [6, 6.07) is 0. The fourth-order valence-electron chi connectivity index (χ4n) is 11.9. The molecule has 3 N–H and O–H groups in total. The Morgan fingerprint density at radius 3 is 0.639 bits per heavy atom. The van der Waals surface area contributed by atoms with Crippen LogP contribution in [0.1, 0.15) is 396 Å². The molecule has 0 heterocycles. The van der Waals surface area contributed by atoms with Crippen molar-refractivity contribution in [3.05, 3.63) is 0 Å². The summed E-state index contributed by atoms with van der Waals surface area (Å²) in [7, 11) is -9.92. The number of unbranched alkanes of at least 4 members (excludes halogenated alkanes) is 41. The number of hydrogen-bond acceptors (Lipinski definition) is 15. The summed E-state index contributed by atoms with van der Waals surface area (Å²) < 4.78 is 68.6. The van der Waals surface area contributed by atoms with Crippen LogP contribution < -0.4 is 0 Å². The van der Waals surface area contributed by atoms with Crippen LogP contribution in [0.5, 0.6) is 0 Å². The second-order valence-electron chi connectivity index (χ2n) is 30.0. The van der Waals surface area contributed by atoms with Crippen LogP contribution in [0.25, 0.3) is 0 Å². The molecule has 0 radical (unpaired) electrons. The minimum atomic E-state index is -4.96. The molecule has 17 nitrogen and oxygen atoms in total. The number of phosphoric acid groups is 2. The first-order valence-electron chi connectivity index (χ1n) is 40.2. The van der Waals surface area contributed by atoms with Crippen molar-refractivity contribution in [2.45, 2.75) is 414 Å². The maximum absolute atomic E-state index is 13.1. The molecule has 3 unspecified atom stereocenters. The van der Waals surface area contributed by atoms with Gasteiger partial charge in [-0.1, -0.05) is 344 Å². The lowest BCUT2D eigenvalue weighted by Crippen LogP contribution is -2.30. The highest BCUT2D eigenvalue weighted by atomic mass is 31.2. The van der Waals surface area contributed by atoms with Crippen molar-refractivity contribution in [1.82, 2.24) is 0 Å². The van der Waals surface area contributed by atoms with E-state index < -0.39 is 97.5 Å². The highest BCUT2D eigenvalue weighted by Gasteiger charge is 2.30. The molecule has 0 saturated heterocycles. The third-order valence-electron chi connectivity index (χ3n) is 18.1. The van der Waals surface area contributed by atoms with Crippen molar-refractivity contribution in [1.29, 1.82) is 0 Å². The zero-order valence-electron chi connectivity index (χ0n) is 63.7. The van der Waals surface area contributed by atoms with Crippen molar-refractivity contribution in [3.8, 4) is 0 Å². The lowest BCUT2D eigenvalue weighted by Gasteiger charge is -2.21. The van der Waals surface area contributed by atoms with Gasteiger partial charge in [0.15, 0.2) is 12.2 Å². The van der Waals surface area contributed by atoms with E-state index in [2.05, 4.69) is 55.4 Å². The highest BCUT2D eigenvalue weighted by molar-refractivity contribution is 7.47. The maximum atomic E-state index is 13.1. The SMILES string of the molecule is CC(C)CCCCCCCCCCCCCCCCCC(=O)OC[C@H](COP(=O)(O)OCC(O)COP(=O)(O)OC[C@@H](COC(=O)CCCCCCCCCC(C)C)OC(=O)CCCCCCCCCCCCCCC(C)C)OC(=O)CCCCCCCCCCCCCC(C)C. The molecule has 0 saturated carbocycles. The average molecular weight is 1420 g/mol. The summed E-state index contributed by atoms with van der Waals surface area (Å²) in [4.78, 5) is 72.9. The molecular formula is C78H152O17P2. The van der Waals surface area contributed by atoms with E-state index in [9.17, 15) is 43.2 Å². The van der Waals surface area contributed by atoms with Crippen molar-refractivity contribution >= 4 is 39.5 Å². The highest BCUT2D eigenvalue weighted by Crippen LogP contribution is 2.45. The van der Waals surface area contributed by atoms with Crippen LogP contribution in [0.15, 0.2) is 0 Å². The van der Waals surface area contributed by atoms with Gasteiger partial charge >= 0.3 is 39.5 Å². The normalized spacial score (nSPS) is 14.1. The summed E-state index contributed by atoms with van der Waals surface area (Å²) in [6.45, 7) is 14.2. The Labute approximate surface area is 594 Å². The maximum Gasteiger partial charge on any atom is 0.472 e. The van der Waals surface area contributed by atoms with Crippen LogP contribution in [0.3, 0.4) is 0 Å².